The molecule has 1 aliphatic carbocycles. The van der Waals surface area contributed by atoms with Crippen LogP contribution >= 0.6 is 15.9 Å². The SMILES string of the molecule is Cc1c(Br)ccc(NC(=O)COC(=O)c2cccc(N3C(=O)[C@H]4CC=CC[C@H]4C3=O)c2)c1C. The van der Waals surface area contributed by atoms with Gasteiger partial charge < -0.3 is 10.1 Å². The van der Waals surface area contributed by atoms with Gasteiger partial charge in [-0.3, -0.25) is 19.3 Å². The molecule has 33 heavy (non-hydrogen) atoms. The van der Waals surface area contributed by atoms with E-state index in [0.29, 0.717) is 24.2 Å². The number of allylic oxidation sites excluding steroid dienone is 2. The molecule has 1 saturated heterocycles. The lowest BCUT2D eigenvalue weighted by atomic mass is 9.85. The largest absolute Gasteiger partial charge is 0.452 e. The van der Waals surface area contributed by atoms with E-state index in [4.69, 9.17) is 4.74 Å². The number of halogens is 1. The summed E-state index contributed by atoms with van der Waals surface area (Å²) in [4.78, 5) is 51.6. The van der Waals surface area contributed by atoms with Crippen LogP contribution in [-0.4, -0.2) is 30.3 Å². The van der Waals surface area contributed by atoms with E-state index in [2.05, 4.69) is 21.2 Å². The van der Waals surface area contributed by atoms with E-state index < -0.39 is 18.5 Å². The molecular formula is C25H23BrN2O5. The Hall–Kier alpha value is -3.26. The molecule has 3 amide bonds. The maximum Gasteiger partial charge on any atom is 0.338 e. The molecule has 0 aromatic heterocycles. The first kappa shape index (κ1) is 22.9. The standard InChI is InChI=1S/C25H23BrN2O5/c1-14-15(2)21(11-10-20(14)26)27-22(29)13-33-25(32)16-6-5-7-17(12-16)28-23(30)18-8-3-4-9-19(18)24(28)31/h3-7,10-12,18-19H,8-9,13H2,1-2H3,(H,27,29)/t18-,19+. The topological polar surface area (TPSA) is 92.8 Å². The van der Waals surface area contributed by atoms with Crippen LogP contribution in [0.3, 0.4) is 0 Å². The summed E-state index contributed by atoms with van der Waals surface area (Å²) in [6.45, 7) is 3.36. The van der Waals surface area contributed by atoms with Gasteiger partial charge in [0, 0.05) is 10.2 Å². The number of ether oxygens (including phenoxy) is 1. The zero-order valence-corrected chi connectivity index (χ0v) is 19.8. The number of nitrogens with zero attached hydrogens (tertiary/aromatic N) is 1. The van der Waals surface area contributed by atoms with Gasteiger partial charge in [-0.25, -0.2) is 4.79 Å². The van der Waals surface area contributed by atoms with Crippen LogP contribution in [-0.2, 0) is 19.1 Å². The molecule has 1 heterocycles. The molecule has 2 atom stereocenters. The fourth-order valence-electron chi connectivity index (χ4n) is 4.15. The predicted octanol–water partition coefficient (Wildman–Crippen LogP) is 4.32. The van der Waals surface area contributed by atoms with Crippen molar-refractivity contribution in [3.63, 3.8) is 0 Å². The molecule has 2 aromatic rings. The molecule has 2 aromatic carbocycles. The third-order valence-corrected chi connectivity index (χ3v) is 7.04. The number of fused-ring (bicyclic) bond motifs is 1. The Morgan fingerprint density at radius 2 is 1.70 bits per heavy atom. The van der Waals surface area contributed by atoms with Crippen LogP contribution in [0.5, 0.6) is 0 Å². The second-order valence-corrected chi connectivity index (χ2v) is 9.04. The Balaban J connectivity index is 1.41. The number of amides is 3. The van der Waals surface area contributed by atoms with Crippen molar-refractivity contribution in [3.05, 3.63) is 69.7 Å². The number of esters is 1. The van der Waals surface area contributed by atoms with Crippen LogP contribution in [0.25, 0.3) is 0 Å². The predicted molar refractivity (Wildman–Crippen MR) is 127 cm³/mol. The highest BCUT2D eigenvalue weighted by Gasteiger charge is 2.47. The number of carbonyl (C=O) groups excluding carboxylic acids is 4. The van der Waals surface area contributed by atoms with Gasteiger partial charge in [0.05, 0.1) is 23.1 Å². The Labute approximate surface area is 199 Å². The average Bonchev–Trinajstić information content (AvgIpc) is 3.08. The monoisotopic (exact) mass is 510 g/mol. The highest BCUT2D eigenvalue weighted by atomic mass is 79.9. The molecule has 8 heteroatoms. The first-order valence-corrected chi connectivity index (χ1v) is 11.4. The molecule has 0 unspecified atom stereocenters. The average molecular weight is 511 g/mol. The lowest BCUT2D eigenvalue weighted by Gasteiger charge is -2.16. The first-order chi connectivity index (χ1) is 15.8. The van der Waals surface area contributed by atoms with Crippen LogP contribution in [0.15, 0.2) is 53.0 Å². The Kier molecular flexibility index (Phi) is 6.47. The van der Waals surface area contributed by atoms with Crippen molar-refractivity contribution >= 4 is 51.0 Å². The number of nitrogens with one attached hydrogen (secondary N) is 1. The van der Waals surface area contributed by atoms with Crippen molar-refractivity contribution in [2.24, 2.45) is 11.8 Å². The zero-order chi connectivity index (χ0) is 23.7. The van der Waals surface area contributed by atoms with Gasteiger partial charge in [-0.1, -0.05) is 34.1 Å². The first-order valence-electron chi connectivity index (χ1n) is 10.6. The van der Waals surface area contributed by atoms with Gasteiger partial charge in [-0.2, -0.15) is 0 Å². The fourth-order valence-corrected chi connectivity index (χ4v) is 4.58. The van der Waals surface area contributed by atoms with Crippen molar-refractivity contribution in [2.75, 3.05) is 16.8 Å². The van der Waals surface area contributed by atoms with Gasteiger partial charge in [0.1, 0.15) is 0 Å². The van der Waals surface area contributed by atoms with Crippen molar-refractivity contribution in [1.82, 2.24) is 0 Å². The molecule has 4 rings (SSSR count). The lowest BCUT2D eigenvalue weighted by Crippen LogP contribution is -2.31. The summed E-state index contributed by atoms with van der Waals surface area (Å²) in [6.07, 6.45) is 4.93. The van der Waals surface area contributed by atoms with Crippen molar-refractivity contribution in [3.8, 4) is 0 Å². The third kappa shape index (κ3) is 4.48. The van der Waals surface area contributed by atoms with Gasteiger partial charge in [-0.05, 0) is 68.1 Å². The van der Waals surface area contributed by atoms with E-state index >= 15 is 0 Å². The molecule has 0 spiro atoms. The van der Waals surface area contributed by atoms with E-state index in [1.165, 1.54) is 12.1 Å². The summed E-state index contributed by atoms with van der Waals surface area (Å²) in [6, 6.07) is 9.77. The van der Waals surface area contributed by atoms with E-state index in [1.807, 2.05) is 32.1 Å². The molecule has 1 fully saturated rings. The van der Waals surface area contributed by atoms with Crippen LogP contribution in [0.1, 0.15) is 34.3 Å². The van der Waals surface area contributed by atoms with E-state index in [1.54, 1.807) is 18.2 Å². The summed E-state index contributed by atoms with van der Waals surface area (Å²) in [5, 5.41) is 2.74. The molecule has 7 nitrogen and oxygen atoms in total. The van der Waals surface area contributed by atoms with E-state index in [9.17, 15) is 19.2 Å². The van der Waals surface area contributed by atoms with Gasteiger partial charge in [-0.15, -0.1) is 0 Å². The third-order valence-electron chi connectivity index (χ3n) is 6.18. The van der Waals surface area contributed by atoms with E-state index in [-0.39, 0.29) is 29.2 Å². The van der Waals surface area contributed by atoms with Crippen molar-refractivity contribution in [1.29, 1.82) is 0 Å². The highest BCUT2D eigenvalue weighted by molar-refractivity contribution is 9.10. The van der Waals surface area contributed by atoms with Gasteiger partial charge in [0.15, 0.2) is 6.61 Å². The summed E-state index contributed by atoms with van der Waals surface area (Å²) >= 11 is 3.45. The molecule has 0 radical (unpaired) electrons. The minimum absolute atomic E-state index is 0.157. The minimum atomic E-state index is -0.714. The number of hydrogen-bond donors (Lipinski definition) is 1. The Bertz CT molecular complexity index is 1160. The number of rotatable bonds is 5. The number of hydrogen-bond acceptors (Lipinski definition) is 5. The van der Waals surface area contributed by atoms with Gasteiger partial charge >= 0.3 is 5.97 Å². The zero-order valence-electron chi connectivity index (χ0n) is 18.3. The van der Waals surface area contributed by atoms with Gasteiger partial charge in [0.25, 0.3) is 5.91 Å². The quantitative estimate of drug-likeness (QED) is 0.367. The molecular weight excluding hydrogens is 488 g/mol. The smallest absolute Gasteiger partial charge is 0.338 e. The van der Waals surface area contributed by atoms with Gasteiger partial charge in [0.2, 0.25) is 11.8 Å². The van der Waals surface area contributed by atoms with Crippen molar-refractivity contribution < 1.29 is 23.9 Å². The number of imide groups is 1. The molecule has 2 aliphatic rings. The molecule has 1 N–H and O–H groups in total. The summed E-state index contributed by atoms with van der Waals surface area (Å²) < 4.78 is 6.10. The van der Waals surface area contributed by atoms with Crippen molar-refractivity contribution in [2.45, 2.75) is 26.7 Å². The fraction of sp³-hybridized carbons (Fsp3) is 0.280. The Morgan fingerprint density at radius 1 is 1.03 bits per heavy atom. The second-order valence-electron chi connectivity index (χ2n) is 8.19. The molecule has 0 saturated carbocycles. The Morgan fingerprint density at radius 3 is 2.36 bits per heavy atom. The summed E-state index contributed by atoms with van der Waals surface area (Å²) in [7, 11) is 0. The van der Waals surface area contributed by atoms with Crippen LogP contribution in [0.4, 0.5) is 11.4 Å². The number of carbonyl (C=O) groups is 4. The normalized spacial score (nSPS) is 19.4. The van der Waals surface area contributed by atoms with Crippen LogP contribution < -0.4 is 10.2 Å². The molecule has 1 aliphatic heterocycles. The highest BCUT2D eigenvalue weighted by Crippen LogP contribution is 2.37. The van der Waals surface area contributed by atoms with Crippen LogP contribution in [0, 0.1) is 25.7 Å². The summed E-state index contributed by atoms with van der Waals surface area (Å²) in [5.74, 6) is -2.39. The second kappa shape index (κ2) is 9.31. The molecule has 0 bridgehead atoms. The number of benzene rings is 2. The maximum atomic E-state index is 12.8. The summed E-state index contributed by atoms with van der Waals surface area (Å²) in [5.41, 5.74) is 3.04. The number of anilines is 2. The lowest BCUT2D eigenvalue weighted by molar-refractivity contribution is -0.122. The van der Waals surface area contributed by atoms with Crippen LogP contribution in [0.2, 0.25) is 0 Å². The minimum Gasteiger partial charge on any atom is -0.452 e. The molecule has 170 valence electrons. The van der Waals surface area contributed by atoms with E-state index in [0.717, 1.165) is 20.5 Å². The maximum absolute atomic E-state index is 12.8.